The smallest absolute Gasteiger partial charge is 0.409 e. The number of aliphatic hydroxyl groups excluding tert-OH is 1. The Morgan fingerprint density at radius 2 is 2.08 bits per heavy atom. The summed E-state index contributed by atoms with van der Waals surface area (Å²) in [4.78, 5) is 24.0. The molecule has 1 aliphatic heterocycles. The van der Waals surface area contributed by atoms with Crippen LogP contribution in [0.15, 0.2) is 28.8 Å². The van der Waals surface area contributed by atoms with Gasteiger partial charge >= 0.3 is 6.09 Å². The average molecular weight is 553 g/mol. The molecule has 216 valence electrons. The number of nitrogens with one attached hydrogen (secondary N) is 2. The molecule has 1 saturated heterocycles. The highest BCUT2D eigenvalue weighted by molar-refractivity contribution is 5.74. The summed E-state index contributed by atoms with van der Waals surface area (Å²) in [7, 11) is 1.78. The van der Waals surface area contributed by atoms with Crippen molar-refractivity contribution in [2.24, 2.45) is 0 Å². The number of carbonyl (C=O) groups excluding carboxylic acids is 1. The second-order valence-corrected chi connectivity index (χ2v) is 10.2. The van der Waals surface area contributed by atoms with Gasteiger partial charge in [0.05, 0.1) is 23.6 Å². The van der Waals surface area contributed by atoms with E-state index in [4.69, 9.17) is 24.0 Å². The van der Waals surface area contributed by atoms with Crippen LogP contribution in [-0.2, 0) is 4.74 Å². The predicted molar refractivity (Wildman–Crippen MR) is 152 cm³/mol. The van der Waals surface area contributed by atoms with Crippen molar-refractivity contribution < 1.29 is 23.9 Å². The Bertz CT molecular complexity index is 1290. The standard InChI is InChI=1S/C29H40N6O5/c1-7-38-29(37)35-12-11-22(13-17(35)2)31-27-18(3)26(25-19(4)34-40-20(25)5)32-28(33-27)21-9-8-10-24(14-21)39-16-23(36)15-30-6/h8-10,14,17,22-23,30,36H,7,11-13,15-16H2,1-6H3,(H,31,32,33). The lowest BCUT2D eigenvalue weighted by Gasteiger charge is -2.37. The molecule has 0 radical (unpaired) electrons. The zero-order valence-electron chi connectivity index (χ0n) is 24.2. The molecule has 1 fully saturated rings. The summed E-state index contributed by atoms with van der Waals surface area (Å²) in [5.74, 6) is 2.55. The second-order valence-electron chi connectivity index (χ2n) is 10.2. The number of ether oxygens (including phenoxy) is 2. The first-order valence-corrected chi connectivity index (χ1v) is 13.8. The van der Waals surface area contributed by atoms with Crippen LogP contribution in [0.3, 0.4) is 0 Å². The van der Waals surface area contributed by atoms with E-state index >= 15 is 0 Å². The van der Waals surface area contributed by atoms with Crippen molar-refractivity contribution in [3.63, 3.8) is 0 Å². The van der Waals surface area contributed by atoms with Crippen LogP contribution in [0, 0.1) is 20.8 Å². The number of aryl methyl sites for hydroxylation is 2. The van der Waals surface area contributed by atoms with Gasteiger partial charge in [0.15, 0.2) is 5.82 Å². The van der Waals surface area contributed by atoms with Crippen molar-refractivity contribution in [2.45, 2.75) is 65.6 Å². The van der Waals surface area contributed by atoms with Gasteiger partial charge in [0.25, 0.3) is 0 Å². The van der Waals surface area contributed by atoms with Crippen molar-refractivity contribution in [3.8, 4) is 28.4 Å². The van der Waals surface area contributed by atoms with Gasteiger partial charge in [0.2, 0.25) is 0 Å². The molecule has 0 aliphatic carbocycles. The number of anilines is 1. The highest BCUT2D eigenvalue weighted by Gasteiger charge is 2.30. The minimum Gasteiger partial charge on any atom is -0.491 e. The summed E-state index contributed by atoms with van der Waals surface area (Å²) in [6.45, 7) is 11.2. The molecule has 4 rings (SSSR count). The monoisotopic (exact) mass is 552 g/mol. The highest BCUT2D eigenvalue weighted by atomic mass is 16.6. The van der Waals surface area contributed by atoms with E-state index in [2.05, 4.69) is 15.8 Å². The molecule has 3 atom stereocenters. The molecule has 0 saturated carbocycles. The maximum atomic E-state index is 12.3. The lowest BCUT2D eigenvalue weighted by Crippen LogP contribution is -2.48. The zero-order chi connectivity index (χ0) is 28.8. The lowest BCUT2D eigenvalue weighted by atomic mass is 9.98. The number of hydrogen-bond donors (Lipinski definition) is 3. The quantitative estimate of drug-likeness (QED) is 0.337. The number of carbonyl (C=O) groups is 1. The van der Waals surface area contributed by atoms with E-state index in [1.54, 1.807) is 11.9 Å². The van der Waals surface area contributed by atoms with Gasteiger partial charge in [-0.1, -0.05) is 17.3 Å². The maximum Gasteiger partial charge on any atom is 0.409 e. The van der Waals surface area contributed by atoms with Crippen LogP contribution in [-0.4, -0.2) is 82.8 Å². The minimum atomic E-state index is -0.621. The maximum absolute atomic E-state index is 12.3. The Morgan fingerprint density at radius 1 is 1.27 bits per heavy atom. The molecule has 1 aromatic carbocycles. The normalized spacial score (nSPS) is 17.9. The van der Waals surface area contributed by atoms with Gasteiger partial charge in [0.1, 0.15) is 30.0 Å². The third-order valence-electron chi connectivity index (χ3n) is 7.11. The largest absolute Gasteiger partial charge is 0.491 e. The van der Waals surface area contributed by atoms with Crippen LogP contribution in [0.4, 0.5) is 10.6 Å². The fourth-order valence-electron chi connectivity index (χ4n) is 5.04. The van der Waals surface area contributed by atoms with Crippen LogP contribution < -0.4 is 15.4 Å². The van der Waals surface area contributed by atoms with E-state index in [1.807, 2.05) is 58.9 Å². The molecule has 11 nitrogen and oxygen atoms in total. The van der Waals surface area contributed by atoms with E-state index < -0.39 is 6.10 Å². The Hall–Kier alpha value is -3.70. The van der Waals surface area contributed by atoms with Gasteiger partial charge in [-0.3, -0.25) is 0 Å². The molecule has 0 bridgehead atoms. The van der Waals surface area contributed by atoms with Gasteiger partial charge in [-0.05, 0) is 66.6 Å². The number of likely N-dealkylation sites (tertiary alicyclic amines) is 1. The lowest BCUT2D eigenvalue weighted by molar-refractivity contribution is 0.0790. The molecule has 3 heterocycles. The Morgan fingerprint density at radius 3 is 2.75 bits per heavy atom. The van der Waals surface area contributed by atoms with E-state index in [1.165, 1.54) is 0 Å². The number of benzene rings is 1. The Labute approximate surface area is 235 Å². The second kappa shape index (κ2) is 13.1. The zero-order valence-corrected chi connectivity index (χ0v) is 24.2. The predicted octanol–water partition coefficient (Wildman–Crippen LogP) is 4.10. The molecule has 3 N–H and O–H groups in total. The minimum absolute atomic E-state index is 0.0287. The number of hydrogen-bond acceptors (Lipinski definition) is 10. The third-order valence-corrected chi connectivity index (χ3v) is 7.11. The van der Waals surface area contributed by atoms with Crippen LogP contribution in [0.2, 0.25) is 0 Å². The number of rotatable bonds is 10. The fourth-order valence-corrected chi connectivity index (χ4v) is 5.04. The molecule has 1 aliphatic rings. The number of likely N-dealkylation sites (N-methyl/N-ethyl adjacent to an activating group) is 1. The first-order chi connectivity index (χ1) is 19.2. The summed E-state index contributed by atoms with van der Waals surface area (Å²) in [5.41, 5.74) is 4.01. The summed E-state index contributed by atoms with van der Waals surface area (Å²) in [5, 5.41) is 20.8. The number of aliphatic hydroxyl groups is 1. The van der Waals surface area contributed by atoms with Gasteiger partial charge in [-0.25, -0.2) is 14.8 Å². The van der Waals surface area contributed by atoms with E-state index in [0.29, 0.717) is 37.0 Å². The third kappa shape index (κ3) is 6.71. The molecule has 3 unspecified atom stereocenters. The number of piperidine rings is 1. The number of nitrogens with zero attached hydrogens (tertiary/aromatic N) is 4. The van der Waals surface area contributed by atoms with Crippen molar-refractivity contribution in [3.05, 3.63) is 41.3 Å². The molecular formula is C29H40N6O5. The summed E-state index contributed by atoms with van der Waals surface area (Å²) < 4.78 is 16.5. The number of aromatic nitrogens is 3. The summed E-state index contributed by atoms with van der Waals surface area (Å²) in [6, 6.07) is 7.67. The fraction of sp³-hybridized carbons (Fsp3) is 0.517. The van der Waals surface area contributed by atoms with Gasteiger partial charge in [0, 0.05) is 36.3 Å². The molecule has 1 amide bonds. The summed E-state index contributed by atoms with van der Waals surface area (Å²) >= 11 is 0. The van der Waals surface area contributed by atoms with Crippen LogP contribution in [0.1, 0.15) is 43.7 Å². The van der Waals surface area contributed by atoms with Crippen molar-refractivity contribution >= 4 is 11.9 Å². The summed E-state index contributed by atoms with van der Waals surface area (Å²) in [6.07, 6.45) is 0.635. The van der Waals surface area contributed by atoms with Gasteiger partial charge in [-0.15, -0.1) is 0 Å². The number of amides is 1. The Kier molecular flexibility index (Phi) is 9.59. The van der Waals surface area contributed by atoms with E-state index in [0.717, 1.165) is 46.7 Å². The van der Waals surface area contributed by atoms with Crippen molar-refractivity contribution in [2.75, 3.05) is 38.7 Å². The van der Waals surface area contributed by atoms with Gasteiger partial charge < -0.3 is 34.6 Å². The van der Waals surface area contributed by atoms with E-state index in [-0.39, 0.29) is 24.8 Å². The van der Waals surface area contributed by atoms with Crippen LogP contribution in [0.25, 0.3) is 22.6 Å². The average Bonchev–Trinajstić information content (AvgIpc) is 3.26. The molecule has 0 spiro atoms. The van der Waals surface area contributed by atoms with Crippen molar-refractivity contribution in [1.29, 1.82) is 0 Å². The first-order valence-electron chi connectivity index (χ1n) is 13.8. The van der Waals surface area contributed by atoms with Crippen molar-refractivity contribution in [1.82, 2.24) is 25.3 Å². The topological polar surface area (TPSA) is 135 Å². The highest BCUT2D eigenvalue weighted by Crippen LogP contribution is 2.34. The molecule has 3 aromatic rings. The molecule has 2 aromatic heterocycles. The molecular weight excluding hydrogens is 512 g/mol. The Balaban J connectivity index is 1.65. The molecule has 11 heteroatoms. The van der Waals surface area contributed by atoms with E-state index in [9.17, 15) is 9.90 Å². The van der Waals surface area contributed by atoms with Crippen LogP contribution >= 0.6 is 0 Å². The SMILES string of the molecule is CCOC(=O)N1CCC(Nc2nc(-c3cccc(OCC(O)CNC)c3)nc(-c3c(C)noc3C)c2C)CC1C. The van der Waals surface area contributed by atoms with Gasteiger partial charge in [-0.2, -0.15) is 0 Å². The first kappa shape index (κ1) is 29.3. The van der Waals surface area contributed by atoms with Crippen LogP contribution in [0.5, 0.6) is 5.75 Å². The molecule has 40 heavy (non-hydrogen) atoms.